The Morgan fingerprint density at radius 1 is 0.969 bits per heavy atom. The number of para-hydroxylation sites is 1. The molecule has 0 fully saturated rings. The van der Waals surface area contributed by atoms with Gasteiger partial charge < -0.3 is 37.9 Å². The van der Waals surface area contributed by atoms with E-state index in [-0.39, 0.29) is 19.3 Å². The number of aromatic nitrogens is 1. The molecule has 0 bridgehead atoms. The number of hydrogen-bond donors (Lipinski definition) is 7. The number of carbonyl (C=O) groups is 5. The number of rotatable bonds is 12. The van der Waals surface area contributed by atoms with Gasteiger partial charge in [-0.15, -0.1) is 0 Å². The first kappa shape index (κ1) is 24.3. The molecule has 12 nitrogen and oxygen atoms in total. The van der Waals surface area contributed by atoms with Crippen LogP contribution in [-0.4, -0.2) is 57.8 Å². The van der Waals surface area contributed by atoms with Crippen molar-refractivity contribution in [2.24, 2.45) is 17.2 Å². The molecule has 172 valence electrons. The number of nitrogens with one attached hydrogen (secondary N) is 3. The largest absolute Gasteiger partial charge is 0.480 e. The van der Waals surface area contributed by atoms with Gasteiger partial charge in [0.2, 0.25) is 23.6 Å². The first-order valence-corrected chi connectivity index (χ1v) is 9.79. The summed E-state index contributed by atoms with van der Waals surface area (Å²) in [5.74, 6) is -4.56. The van der Waals surface area contributed by atoms with Gasteiger partial charge in [0.25, 0.3) is 0 Å². The Morgan fingerprint density at radius 2 is 1.62 bits per heavy atom. The number of fused-ring (bicyclic) bond motifs is 1. The smallest absolute Gasteiger partial charge is 0.326 e. The highest BCUT2D eigenvalue weighted by atomic mass is 16.4. The van der Waals surface area contributed by atoms with Gasteiger partial charge >= 0.3 is 5.97 Å². The predicted octanol–water partition coefficient (Wildman–Crippen LogP) is -1.77. The molecule has 0 aliphatic carbocycles. The Hall–Kier alpha value is -3.93. The second-order valence-electron chi connectivity index (χ2n) is 7.31. The highest BCUT2D eigenvalue weighted by Gasteiger charge is 2.29. The monoisotopic (exact) mass is 446 g/mol. The number of H-pyrrole nitrogens is 1. The van der Waals surface area contributed by atoms with Crippen molar-refractivity contribution in [2.75, 3.05) is 0 Å². The predicted molar refractivity (Wildman–Crippen MR) is 114 cm³/mol. The topological polar surface area (TPSA) is 223 Å². The zero-order valence-corrected chi connectivity index (χ0v) is 17.2. The van der Waals surface area contributed by atoms with E-state index in [9.17, 15) is 29.1 Å². The molecule has 3 unspecified atom stereocenters. The molecule has 2 rings (SSSR count). The molecule has 0 aliphatic heterocycles. The SMILES string of the molecule is NC(=O)CCC(N)C(=O)NC(CC(N)=O)C(=O)NC(Cc1c[nH]c2ccccc12)C(=O)O. The molecule has 1 aromatic carbocycles. The van der Waals surface area contributed by atoms with Crippen LogP contribution in [0.3, 0.4) is 0 Å². The Labute approximate surface area is 182 Å². The van der Waals surface area contributed by atoms with Crippen molar-refractivity contribution in [3.8, 4) is 0 Å². The molecule has 0 saturated carbocycles. The summed E-state index contributed by atoms with van der Waals surface area (Å²) in [6.45, 7) is 0. The molecule has 0 spiro atoms. The first-order chi connectivity index (χ1) is 15.1. The summed E-state index contributed by atoms with van der Waals surface area (Å²) >= 11 is 0. The number of nitrogens with two attached hydrogens (primary N) is 3. The molecule has 32 heavy (non-hydrogen) atoms. The van der Waals surface area contributed by atoms with E-state index in [0.29, 0.717) is 5.56 Å². The normalized spacial score (nSPS) is 13.7. The van der Waals surface area contributed by atoms with Crippen molar-refractivity contribution < 1.29 is 29.1 Å². The van der Waals surface area contributed by atoms with Gasteiger partial charge in [-0.25, -0.2) is 4.79 Å². The van der Waals surface area contributed by atoms with Crippen LogP contribution >= 0.6 is 0 Å². The number of primary amides is 2. The van der Waals surface area contributed by atoms with Crippen molar-refractivity contribution in [1.82, 2.24) is 15.6 Å². The van der Waals surface area contributed by atoms with E-state index in [1.54, 1.807) is 12.3 Å². The fourth-order valence-corrected chi connectivity index (χ4v) is 3.11. The Bertz CT molecular complexity index is 1020. The molecule has 10 N–H and O–H groups in total. The van der Waals surface area contributed by atoms with E-state index in [4.69, 9.17) is 17.2 Å². The maximum Gasteiger partial charge on any atom is 0.326 e. The maximum absolute atomic E-state index is 12.7. The first-order valence-electron chi connectivity index (χ1n) is 9.79. The number of amides is 4. The lowest BCUT2D eigenvalue weighted by Crippen LogP contribution is -2.55. The van der Waals surface area contributed by atoms with Crippen LogP contribution in [0.2, 0.25) is 0 Å². The van der Waals surface area contributed by atoms with E-state index in [2.05, 4.69) is 15.6 Å². The quantitative estimate of drug-likeness (QED) is 0.198. The van der Waals surface area contributed by atoms with Gasteiger partial charge in [0.05, 0.1) is 12.5 Å². The molecule has 0 radical (unpaired) electrons. The fraction of sp³-hybridized carbons (Fsp3) is 0.350. The number of aliphatic carboxylic acids is 1. The van der Waals surface area contributed by atoms with Crippen LogP contribution in [-0.2, 0) is 30.4 Å². The van der Waals surface area contributed by atoms with Crippen molar-refractivity contribution in [2.45, 2.75) is 43.8 Å². The third-order valence-corrected chi connectivity index (χ3v) is 4.79. The average Bonchev–Trinajstić information content (AvgIpc) is 3.13. The van der Waals surface area contributed by atoms with Crippen LogP contribution in [0.25, 0.3) is 10.9 Å². The highest BCUT2D eigenvalue weighted by molar-refractivity contribution is 5.95. The third kappa shape index (κ3) is 6.80. The second-order valence-corrected chi connectivity index (χ2v) is 7.31. The Kier molecular flexibility index (Phi) is 8.30. The molecule has 4 amide bonds. The number of benzene rings is 1. The van der Waals surface area contributed by atoms with Crippen LogP contribution in [0.15, 0.2) is 30.5 Å². The van der Waals surface area contributed by atoms with Crippen molar-refractivity contribution in [3.05, 3.63) is 36.0 Å². The Morgan fingerprint density at radius 3 is 2.25 bits per heavy atom. The van der Waals surface area contributed by atoms with Gasteiger partial charge in [0, 0.05) is 29.9 Å². The Balaban J connectivity index is 2.11. The third-order valence-electron chi connectivity index (χ3n) is 4.79. The summed E-state index contributed by atoms with van der Waals surface area (Å²) in [4.78, 5) is 61.9. The summed E-state index contributed by atoms with van der Waals surface area (Å²) in [6, 6.07) is 3.32. The van der Waals surface area contributed by atoms with Gasteiger partial charge in [-0.2, -0.15) is 0 Å². The molecule has 1 aromatic heterocycles. The minimum absolute atomic E-state index is 0.0412. The zero-order chi connectivity index (χ0) is 23.8. The average molecular weight is 446 g/mol. The van der Waals surface area contributed by atoms with Crippen molar-refractivity contribution in [1.29, 1.82) is 0 Å². The van der Waals surface area contributed by atoms with Gasteiger partial charge in [0.15, 0.2) is 0 Å². The van der Waals surface area contributed by atoms with Gasteiger partial charge in [-0.1, -0.05) is 18.2 Å². The number of hydrogen-bond acceptors (Lipinski definition) is 6. The van der Waals surface area contributed by atoms with E-state index in [1.165, 1.54) is 0 Å². The van der Waals surface area contributed by atoms with Crippen LogP contribution in [0.4, 0.5) is 0 Å². The fourth-order valence-electron chi connectivity index (χ4n) is 3.11. The van der Waals surface area contributed by atoms with Crippen LogP contribution in [0, 0.1) is 0 Å². The molecule has 1 heterocycles. The number of carboxylic acids is 1. The lowest BCUT2D eigenvalue weighted by Gasteiger charge is -2.22. The minimum Gasteiger partial charge on any atom is -0.480 e. The number of aromatic amines is 1. The van der Waals surface area contributed by atoms with E-state index < -0.39 is 54.1 Å². The zero-order valence-electron chi connectivity index (χ0n) is 17.2. The van der Waals surface area contributed by atoms with Gasteiger partial charge in [-0.05, 0) is 18.1 Å². The molecular formula is C20H26N6O6. The minimum atomic E-state index is -1.44. The molecule has 0 saturated heterocycles. The van der Waals surface area contributed by atoms with E-state index in [1.807, 2.05) is 18.2 Å². The summed E-state index contributed by atoms with van der Waals surface area (Å²) < 4.78 is 0. The molecule has 12 heteroatoms. The summed E-state index contributed by atoms with van der Waals surface area (Å²) in [6.07, 6.45) is 0.824. The standard InChI is InChI=1S/C20H26N6O6/c21-12(5-6-16(22)27)18(29)25-14(8-17(23)28)19(30)26-15(20(31)32)7-10-9-24-13-4-2-1-3-11(10)13/h1-4,9,12,14-15,24H,5-8,21H2,(H2,22,27)(H2,23,28)(H,25,29)(H,26,30)(H,31,32). The lowest BCUT2D eigenvalue weighted by molar-refractivity contribution is -0.142. The number of carboxylic acid groups (broad SMARTS) is 1. The van der Waals surface area contributed by atoms with E-state index >= 15 is 0 Å². The molecule has 3 atom stereocenters. The van der Waals surface area contributed by atoms with E-state index in [0.717, 1.165) is 10.9 Å². The molecular weight excluding hydrogens is 420 g/mol. The maximum atomic E-state index is 12.7. The van der Waals surface area contributed by atoms with Crippen LogP contribution < -0.4 is 27.8 Å². The lowest BCUT2D eigenvalue weighted by atomic mass is 10.0. The summed E-state index contributed by atoms with van der Waals surface area (Å²) in [7, 11) is 0. The van der Waals surface area contributed by atoms with Crippen molar-refractivity contribution in [3.63, 3.8) is 0 Å². The van der Waals surface area contributed by atoms with Gasteiger partial charge in [0.1, 0.15) is 12.1 Å². The molecule has 0 aliphatic rings. The van der Waals surface area contributed by atoms with Crippen LogP contribution in [0.5, 0.6) is 0 Å². The van der Waals surface area contributed by atoms with Crippen LogP contribution in [0.1, 0.15) is 24.8 Å². The second kappa shape index (κ2) is 10.9. The number of carbonyl (C=O) groups excluding carboxylic acids is 4. The molecule has 2 aromatic rings. The van der Waals surface area contributed by atoms with Gasteiger partial charge in [-0.3, -0.25) is 19.2 Å². The van der Waals surface area contributed by atoms with Crippen molar-refractivity contribution >= 4 is 40.5 Å². The summed E-state index contributed by atoms with van der Waals surface area (Å²) in [5.41, 5.74) is 17.3. The highest BCUT2D eigenvalue weighted by Crippen LogP contribution is 2.19. The summed E-state index contributed by atoms with van der Waals surface area (Å²) in [5, 5.41) is 15.0.